The Morgan fingerprint density at radius 3 is 2.63 bits per heavy atom. The maximum atomic E-state index is 10.5. The van der Waals surface area contributed by atoms with Crippen molar-refractivity contribution in [2.75, 3.05) is 7.11 Å². The van der Waals surface area contributed by atoms with Crippen LogP contribution >= 0.6 is 0 Å². The first kappa shape index (κ1) is 12.8. The third-order valence-electron chi connectivity index (χ3n) is 4.48. The lowest BCUT2D eigenvalue weighted by atomic mass is 9.83. The number of ether oxygens (including phenoxy) is 2. The molecule has 1 spiro atoms. The van der Waals surface area contributed by atoms with Crippen LogP contribution in [0.5, 0.6) is 11.5 Å². The highest BCUT2D eigenvalue weighted by Gasteiger charge is 2.40. The van der Waals surface area contributed by atoms with E-state index in [1.54, 1.807) is 7.11 Å². The van der Waals surface area contributed by atoms with Gasteiger partial charge in [-0.3, -0.25) is 0 Å². The van der Waals surface area contributed by atoms with E-state index in [1.807, 2.05) is 18.2 Å². The molecule has 1 aliphatic heterocycles. The minimum absolute atomic E-state index is 0.141. The molecule has 0 radical (unpaired) electrons. The summed E-state index contributed by atoms with van der Waals surface area (Å²) in [5.41, 5.74) is 0.728. The Hall–Kier alpha value is -1.22. The fraction of sp³-hybridized carbons (Fsp3) is 0.625. The zero-order valence-corrected chi connectivity index (χ0v) is 11.5. The molecule has 3 nitrogen and oxygen atoms in total. The molecule has 0 unspecified atom stereocenters. The first-order valence-electron chi connectivity index (χ1n) is 7.27. The van der Waals surface area contributed by atoms with E-state index >= 15 is 0 Å². The molecule has 2 aliphatic rings. The normalized spacial score (nSPS) is 25.3. The van der Waals surface area contributed by atoms with Crippen molar-refractivity contribution in [3.63, 3.8) is 0 Å². The molecule has 1 saturated carbocycles. The number of aliphatic hydroxyl groups is 1. The molecule has 3 rings (SSSR count). The lowest BCUT2D eigenvalue weighted by molar-refractivity contribution is -0.0245. The monoisotopic (exact) mass is 262 g/mol. The van der Waals surface area contributed by atoms with Gasteiger partial charge in [0.2, 0.25) is 0 Å². The highest BCUT2D eigenvalue weighted by atomic mass is 16.5. The summed E-state index contributed by atoms with van der Waals surface area (Å²) in [6, 6.07) is 5.73. The molecule has 1 atom stereocenters. The summed E-state index contributed by atoms with van der Waals surface area (Å²) < 4.78 is 11.5. The van der Waals surface area contributed by atoms with Crippen molar-refractivity contribution in [1.82, 2.24) is 0 Å². The lowest BCUT2D eigenvalue weighted by Gasteiger charge is -2.40. The van der Waals surface area contributed by atoms with E-state index in [4.69, 9.17) is 9.47 Å². The van der Waals surface area contributed by atoms with E-state index in [0.29, 0.717) is 6.42 Å². The second-order valence-electron chi connectivity index (χ2n) is 5.82. The predicted octanol–water partition coefficient (Wildman–Crippen LogP) is 3.60. The Morgan fingerprint density at radius 2 is 1.95 bits per heavy atom. The quantitative estimate of drug-likeness (QED) is 0.840. The summed E-state index contributed by atoms with van der Waals surface area (Å²) >= 11 is 0. The molecular weight excluding hydrogens is 240 g/mol. The average Bonchev–Trinajstić information content (AvgIpc) is 2.64. The number of hydrogen-bond acceptors (Lipinski definition) is 3. The van der Waals surface area contributed by atoms with Crippen LogP contribution in [0.1, 0.15) is 56.6 Å². The van der Waals surface area contributed by atoms with Gasteiger partial charge in [0.1, 0.15) is 17.1 Å². The highest BCUT2D eigenvalue weighted by Crippen LogP contribution is 2.46. The van der Waals surface area contributed by atoms with E-state index in [-0.39, 0.29) is 5.60 Å². The molecule has 0 aromatic heterocycles. The van der Waals surface area contributed by atoms with E-state index in [2.05, 4.69) is 0 Å². The van der Waals surface area contributed by atoms with Crippen molar-refractivity contribution in [3.8, 4) is 11.5 Å². The van der Waals surface area contributed by atoms with Crippen molar-refractivity contribution in [2.24, 2.45) is 0 Å². The van der Waals surface area contributed by atoms with Crippen LogP contribution in [0.3, 0.4) is 0 Å². The first-order valence-corrected chi connectivity index (χ1v) is 7.27. The second kappa shape index (κ2) is 5.04. The number of methoxy groups -OCH3 is 1. The molecule has 104 valence electrons. The minimum atomic E-state index is -0.433. The molecular formula is C16H22O3. The van der Waals surface area contributed by atoms with Crippen molar-refractivity contribution >= 4 is 0 Å². The zero-order valence-electron chi connectivity index (χ0n) is 11.5. The largest absolute Gasteiger partial charge is 0.497 e. The van der Waals surface area contributed by atoms with Crippen molar-refractivity contribution < 1.29 is 14.6 Å². The Kier molecular flexibility index (Phi) is 3.40. The zero-order chi connectivity index (χ0) is 13.3. The van der Waals surface area contributed by atoms with Crippen molar-refractivity contribution in [3.05, 3.63) is 23.8 Å². The van der Waals surface area contributed by atoms with Gasteiger partial charge in [-0.1, -0.05) is 12.8 Å². The average molecular weight is 262 g/mol. The van der Waals surface area contributed by atoms with Crippen LogP contribution in [0, 0.1) is 0 Å². The standard InChI is InChI=1S/C16H22O3/c1-18-12-6-7-15-13(10-12)14(17)11-16(19-15)8-4-2-3-5-9-16/h6-7,10,14,17H,2-5,8-9,11H2,1H3/t14-/m0/s1. The highest BCUT2D eigenvalue weighted by molar-refractivity contribution is 5.43. The summed E-state index contributed by atoms with van der Waals surface area (Å²) in [6.07, 6.45) is 7.40. The van der Waals surface area contributed by atoms with Crippen LogP contribution in [-0.4, -0.2) is 17.8 Å². The van der Waals surface area contributed by atoms with Gasteiger partial charge in [0.15, 0.2) is 0 Å². The number of benzene rings is 1. The molecule has 0 bridgehead atoms. The number of aliphatic hydroxyl groups excluding tert-OH is 1. The van der Waals surface area contributed by atoms with Gasteiger partial charge in [-0.2, -0.15) is 0 Å². The van der Waals surface area contributed by atoms with Crippen LogP contribution in [0.15, 0.2) is 18.2 Å². The summed E-state index contributed by atoms with van der Waals surface area (Å²) in [6.45, 7) is 0. The SMILES string of the molecule is COc1ccc2c(c1)[C@@H](O)CC1(CCCCCC1)O2. The fourth-order valence-electron chi connectivity index (χ4n) is 3.42. The van der Waals surface area contributed by atoms with Crippen LogP contribution < -0.4 is 9.47 Å². The van der Waals surface area contributed by atoms with Crippen LogP contribution in [-0.2, 0) is 0 Å². The Bertz CT molecular complexity index is 447. The molecule has 1 aliphatic carbocycles. The number of hydrogen-bond donors (Lipinski definition) is 1. The van der Waals surface area contributed by atoms with E-state index in [0.717, 1.165) is 29.9 Å². The van der Waals surface area contributed by atoms with Crippen LogP contribution in [0.2, 0.25) is 0 Å². The first-order chi connectivity index (χ1) is 9.22. The third kappa shape index (κ3) is 2.44. The summed E-state index contributed by atoms with van der Waals surface area (Å²) in [5, 5.41) is 10.5. The van der Waals surface area contributed by atoms with Gasteiger partial charge in [-0.25, -0.2) is 0 Å². The van der Waals surface area contributed by atoms with Gasteiger partial charge >= 0.3 is 0 Å². The van der Waals surface area contributed by atoms with Gasteiger partial charge in [0.25, 0.3) is 0 Å². The summed E-state index contributed by atoms with van der Waals surface area (Å²) in [5.74, 6) is 1.61. The molecule has 1 fully saturated rings. The molecule has 3 heteroatoms. The molecule has 19 heavy (non-hydrogen) atoms. The number of rotatable bonds is 1. The Labute approximate surface area is 114 Å². The predicted molar refractivity (Wildman–Crippen MR) is 73.6 cm³/mol. The van der Waals surface area contributed by atoms with E-state index < -0.39 is 6.10 Å². The third-order valence-corrected chi connectivity index (χ3v) is 4.48. The van der Waals surface area contributed by atoms with Gasteiger partial charge in [-0.15, -0.1) is 0 Å². The van der Waals surface area contributed by atoms with Gasteiger partial charge in [0, 0.05) is 12.0 Å². The topological polar surface area (TPSA) is 38.7 Å². The van der Waals surface area contributed by atoms with Crippen molar-refractivity contribution in [1.29, 1.82) is 0 Å². The molecule has 0 amide bonds. The maximum absolute atomic E-state index is 10.5. The smallest absolute Gasteiger partial charge is 0.126 e. The molecule has 1 heterocycles. The Balaban J connectivity index is 1.90. The van der Waals surface area contributed by atoms with E-state index in [9.17, 15) is 5.11 Å². The molecule has 1 aromatic rings. The van der Waals surface area contributed by atoms with Gasteiger partial charge in [0.05, 0.1) is 13.2 Å². The maximum Gasteiger partial charge on any atom is 0.126 e. The minimum Gasteiger partial charge on any atom is -0.497 e. The molecule has 1 N–H and O–H groups in total. The Morgan fingerprint density at radius 1 is 1.21 bits per heavy atom. The van der Waals surface area contributed by atoms with Crippen LogP contribution in [0.25, 0.3) is 0 Å². The van der Waals surface area contributed by atoms with Gasteiger partial charge in [-0.05, 0) is 43.9 Å². The summed E-state index contributed by atoms with van der Waals surface area (Å²) in [4.78, 5) is 0. The molecule has 1 aromatic carbocycles. The summed E-state index contributed by atoms with van der Waals surface area (Å²) in [7, 11) is 1.64. The number of fused-ring (bicyclic) bond motifs is 1. The second-order valence-corrected chi connectivity index (χ2v) is 5.82. The van der Waals surface area contributed by atoms with E-state index in [1.165, 1.54) is 25.7 Å². The van der Waals surface area contributed by atoms with Crippen LogP contribution in [0.4, 0.5) is 0 Å². The lowest BCUT2D eigenvalue weighted by Crippen LogP contribution is -2.40. The van der Waals surface area contributed by atoms with Crippen molar-refractivity contribution in [2.45, 2.75) is 56.7 Å². The molecule has 0 saturated heterocycles. The fourth-order valence-corrected chi connectivity index (χ4v) is 3.42. The van der Waals surface area contributed by atoms with Gasteiger partial charge < -0.3 is 14.6 Å².